The highest BCUT2D eigenvalue weighted by atomic mass is 16.5. The Morgan fingerprint density at radius 2 is 2.00 bits per heavy atom. The Labute approximate surface area is 146 Å². The molecule has 25 heavy (non-hydrogen) atoms. The summed E-state index contributed by atoms with van der Waals surface area (Å²) in [4.78, 5) is 25.0. The van der Waals surface area contributed by atoms with Gasteiger partial charge in [0, 0.05) is 13.1 Å². The molecule has 7 nitrogen and oxygen atoms in total. The van der Waals surface area contributed by atoms with Gasteiger partial charge in [-0.15, -0.1) is 0 Å². The largest absolute Gasteiger partial charge is 0.490 e. The van der Waals surface area contributed by atoms with Gasteiger partial charge >= 0.3 is 0 Å². The first kappa shape index (κ1) is 18.3. The van der Waals surface area contributed by atoms with Crippen molar-refractivity contribution >= 4 is 17.9 Å². The Morgan fingerprint density at radius 3 is 2.60 bits per heavy atom. The van der Waals surface area contributed by atoms with E-state index in [1.807, 2.05) is 6.92 Å². The van der Waals surface area contributed by atoms with Gasteiger partial charge in [-0.3, -0.25) is 9.59 Å². The van der Waals surface area contributed by atoms with Crippen LogP contribution in [0.25, 0.3) is 6.08 Å². The molecule has 2 amide bonds. The van der Waals surface area contributed by atoms with Crippen molar-refractivity contribution in [3.05, 3.63) is 29.3 Å². The van der Waals surface area contributed by atoms with Crippen LogP contribution in [0.5, 0.6) is 11.5 Å². The van der Waals surface area contributed by atoms with Crippen LogP contribution in [-0.4, -0.2) is 43.0 Å². The van der Waals surface area contributed by atoms with E-state index in [-0.39, 0.29) is 18.1 Å². The van der Waals surface area contributed by atoms with E-state index in [2.05, 4.69) is 0 Å². The summed E-state index contributed by atoms with van der Waals surface area (Å²) >= 11 is 0. The van der Waals surface area contributed by atoms with Crippen LogP contribution in [0.3, 0.4) is 0 Å². The second-order valence-corrected chi connectivity index (χ2v) is 5.55. The molecule has 1 heterocycles. The van der Waals surface area contributed by atoms with Gasteiger partial charge in [-0.2, -0.15) is 5.26 Å². The van der Waals surface area contributed by atoms with Gasteiger partial charge in [0.05, 0.1) is 6.61 Å². The maximum absolute atomic E-state index is 12.1. The van der Waals surface area contributed by atoms with Crippen molar-refractivity contribution < 1.29 is 19.1 Å². The number of rotatable bonds is 7. The van der Waals surface area contributed by atoms with Gasteiger partial charge in [0.1, 0.15) is 11.6 Å². The molecular weight excluding hydrogens is 322 g/mol. The van der Waals surface area contributed by atoms with E-state index in [1.54, 1.807) is 29.2 Å². The molecule has 0 aliphatic carbocycles. The van der Waals surface area contributed by atoms with Gasteiger partial charge in [0.25, 0.3) is 11.8 Å². The summed E-state index contributed by atoms with van der Waals surface area (Å²) in [5.74, 6) is 0.0257. The smallest absolute Gasteiger partial charge is 0.260 e. The monoisotopic (exact) mass is 343 g/mol. The number of ether oxygens (including phenoxy) is 2. The summed E-state index contributed by atoms with van der Waals surface area (Å²) in [6, 6.07) is 6.70. The van der Waals surface area contributed by atoms with Crippen LogP contribution in [-0.2, 0) is 9.59 Å². The van der Waals surface area contributed by atoms with Crippen molar-refractivity contribution in [2.75, 3.05) is 26.3 Å². The van der Waals surface area contributed by atoms with E-state index >= 15 is 0 Å². The number of primary amides is 1. The Hall–Kier alpha value is -3.01. The average Bonchev–Trinajstić information content (AvgIpc) is 3.13. The molecule has 0 radical (unpaired) electrons. The number of hydrogen-bond acceptors (Lipinski definition) is 5. The summed E-state index contributed by atoms with van der Waals surface area (Å²) < 4.78 is 11.1. The zero-order valence-corrected chi connectivity index (χ0v) is 14.2. The van der Waals surface area contributed by atoms with Crippen molar-refractivity contribution in [2.24, 2.45) is 5.73 Å². The number of amides is 2. The number of likely N-dealkylation sites (tertiary alicyclic amines) is 1. The molecule has 1 aromatic carbocycles. The molecule has 7 heteroatoms. The summed E-state index contributed by atoms with van der Waals surface area (Å²) in [5, 5.41) is 8.92. The van der Waals surface area contributed by atoms with Crippen LogP contribution < -0.4 is 15.2 Å². The molecule has 0 atom stereocenters. The Morgan fingerprint density at radius 1 is 1.28 bits per heavy atom. The number of nitriles is 1. The summed E-state index contributed by atoms with van der Waals surface area (Å²) in [5.41, 5.74) is 5.56. The third-order valence-corrected chi connectivity index (χ3v) is 3.77. The first-order chi connectivity index (χ1) is 12.0. The molecule has 0 saturated carbocycles. The maximum atomic E-state index is 12.1. The van der Waals surface area contributed by atoms with Gasteiger partial charge in [-0.1, -0.05) is 6.07 Å². The summed E-state index contributed by atoms with van der Waals surface area (Å²) in [6.07, 6.45) is 3.43. The number of nitrogens with zero attached hydrogens (tertiary/aromatic N) is 2. The molecule has 0 aromatic heterocycles. The fourth-order valence-electron chi connectivity index (χ4n) is 2.52. The second kappa shape index (κ2) is 8.73. The lowest BCUT2D eigenvalue weighted by Crippen LogP contribution is -2.32. The summed E-state index contributed by atoms with van der Waals surface area (Å²) in [6.45, 7) is 3.72. The lowest BCUT2D eigenvalue weighted by molar-refractivity contribution is -0.132. The van der Waals surface area contributed by atoms with Gasteiger partial charge in [-0.05, 0) is 43.5 Å². The fraction of sp³-hybridized carbons (Fsp3) is 0.389. The maximum Gasteiger partial charge on any atom is 0.260 e. The lowest BCUT2D eigenvalue weighted by Gasteiger charge is -2.17. The van der Waals surface area contributed by atoms with Gasteiger partial charge < -0.3 is 20.1 Å². The Kier molecular flexibility index (Phi) is 6.40. The van der Waals surface area contributed by atoms with E-state index in [0.717, 1.165) is 25.9 Å². The van der Waals surface area contributed by atoms with Gasteiger partial charge in [0.2, 0.25) is 0 Å². The van der Waals surface area contributed by atoms with Crippen LogP contribution in [0.2, 0.25) is 0 Å². The molecule has 1 aliphatic rings. The van der Waals surface area contributed by atoms with Crippen molar-refractivity contribution in [2.45, 2.75) is 19.8 Å². The van der Waals surface area contributed by atoms with E-state index in [1.165, 1.54) is 6.08 Å². The van der Waals surface area contributed by atoms with Crippen LogP contribution >= 0.6 is 0 Å². The van der Waals surface area contributed by atoms with Gasteiger partial charge in [-0.25, -0.2) is 0 Å². The fourth-order valence-corrected chi connectivity index (χ4v) is 2.52. The average molecular weight is 343 g/mol. The van der Waals surface area contributed by atoms with Crippen molar-refractivity contribution in [1.29, 1.82) is 5.26 Å². The quantitative estimate of drug-likeness (QED) is 0.596. The molecule has 0 spiro atoms. The predicted molar refractivity (Wildman–Crippen MR) is 91.7 cm³/mol. The first-order valence-electron chi connectivity index (χ1n) is 8.14. The van der Waals surface area contributed by atoms with E-state index in [4.69, 9.17) is 20.5 Å². The lowest BCUT2D eigenvalue weighted by atomic mass is 10.1. The van der Waals surface area contributed by atoms with Crippen LogP contribution in [0, 0.1) is 11.3 Å². The first-order valence-corrected chi connectivity index (χ1v) is 8.14. The van der Waals surface area contributed by atoms with Crippen molar-refractivity contribution in [3.63, 3.8) is 0 Å². The summed E-state index contributed by atoms with van der Waals surface area (Å²) in [7, 11) is 0. The number of nitrogens with two attached hydrogens (primary N) is 1. The molecule has 132 valence electrons. The van der Waals surface area contributed by atoms with E-state index in [9.17, 15) is 9.59 Å². The zero-order valence-electron chi connectivity index (χ0n) is 14.2. The Bertz CT molecular complexity index is 716. The van der Waals surface area contributed by atoms with Gasteiger partial charge in [0.15, 0.2) is 18.1 Å². The van der Waals surface area contributed by atoms with E-state index < -0.39 is 5.91 Å². The van der Waals surface area contributed by atoms with Crippen molar-refractivity contribution in [1.82, 2.24) is 4.90 Å². The minimum absolute atomic E-state index is 0.0515. The molecular formula is C18H21N3O4. The molecule has 2 rings (SSSR count). The SMILES string of the molecule is CCOc1cc(/C=C(\C#N)C(N)=O)ccc1OCC(=O)N1CCCC1. The van der Waals surface area contributed by atoms with Crippen LogP contribution in [0.4, 0.5) is 0 Å². The highest BCUT2D eigenvalue weighted by molar-refractivity contribution is 6.00. The topological polar surface area (TPSA) is 106 Å². The van der Waals surface area contributed by atoms with Crippen LogP contribution in [0.1, 0.15) is 25.3 Å². The molecule has 1 fully saturated rings. The number of carbonyl (C=O) groups is 2. The molecule has 2 N–H and O–H groups in total. The second-order valence-electron chi connectivity index (χ2n) is 5.55. The third kappa shape index (κ3) is 4.98. The van der Waals surface area contributed by atoms with Crippen molar-refractivity contribution in [3.8, 4) is 17.6 Å². The number of carbonyl (C=O) groups excluding carboxylic acids is 2. The normalized spacial score (nSPS) is 14.1. The highest BCUT2D eigenvalue weighted by Gasteiger charge is 2.19. The molecule has 1 aliphatic heterocycles. The predicted octanol–water partition coefficient (Wildman–Crippen LogP) is 1.48. The number of hydrogen-bond donors (Lipinski definition) is 1. The molecule has 0 bridgehead atoms. The highest BCUT2D eigenvalue weighted by Crippen LogP contribution is 2.29. The Balaban J connectivity index is 2.14. The molecule has 1 aromatic rings. The third-order valence-electron chi connectivity index (χ3n) is 3.77. The molecule has 1 saturated heterocycles. The molecule has 0 unspecified atom stereocenters. The zero-order chi connectivity index (χ0) is 18.2. The van der Waals surface area contributed by atoms with Crippen LogP contribution in [0.15, 0.2) is 23.8 Å². The van der Waals surface area contributed by atoms with E-state index in [0.29, 0.717) is 23.7 Å². The minimum Gasteiger partial charge on any atom is -0.490 e. The number of benzene rings is 1. The minimum atomic E-state index is -0.794. The standard InChI is InChI=1S/C18H21N3O4/c1-2-24-16-10-13(9-14(11-19)18(20)23)5-6-15(16)25-12-17(22)21-7-3-4-8-21/h5-6,9-10H,2-4,7-8,12H2,1H3,(H2,20,23)/b14-9+.